The Morgan fingerprint density at radius 2 is 1.75 bits per heavy atom. The average molecular weight is 420 g/mol. The summed E-state index contributed by atoms with van der Waals surface area (Å²) in [7, 11) is 0. The van der Waals surface area contributed by atoms with E-state index in [0.717, 1.165) is 42.1 Å². The first-order valence-electron chi connectivity index (χ1n) is 9.22. The Hall–Kier alpha value is -2.02. The predicted octanol–water partition coefficient (Wildman–Crippen LogP) is 3.63. The minimum atomic E-state index is -0.0857. The van der Waals surface area contributed by atoms with Gasteiger partial charge in [0, 0.05) is 16.6 Å². The van der Waals surface area contributed by atoms with Gasteiger partial charge in [-0.2, -0.15) is 0 Å². The quantitative estimate of drug-likeness (QED) is 0.625. The molecule has 0 aliphatic carbocycles. The molecule has 150 valence electrons. The topological polar surface area (TPSA) is 70.2 Å². The fourth-order valence-electron chi connectivity index (χ4n) is 2.99. The Labute approximate surface area is 176 Å². The van der Waals surface area contributed by atoms with E-state index in [2.05, 4.69) is 16.0 Å². The monoisotopic (exact) mass is 419 g/mol. The molecule has 3 rings (SSSR count). The van der Waals surface area contributed by atoms with Gasteiger partial charge < -0.3 is 16.0 Å². The van der Waals surface area contributed by atoms with Crippen LogP contribution in [-0.2, 0) is 4.79 Å². The standard InChI is InChI=1S/C21H25N3O2S.ClH/c1-15-6-8-16(9-7-15)23-20(25)14-27-19-5-3-2-4-18(19)21(26)24-17-10-12-22-13-11-17;/h2-9,17,22H,10-14H2,1H3,(H,23,25)(H,24,26);1H. The minimum absolute atomic E-state index is 0. The molecule has 7 heteroatoms. The van der Waals surface area contributed by atoms with Crippen molar-refractivity contribution >= 4 is 41.7 Å². The molecule has 28 heavy (non-hydrogen) atoms. The highest BCUT2D eigenvalue weighted by molar-refractivity contribution is 8.00. The van der Waals surface area contributed by atoms with E-state index in [1.165, 1.54) is 11.8 Å². The molecule has 1 heterocycles. The van der Waals surface area contributed by atoms with E-state index in [1.54, 1.807) is 0 Å². The molecule has 0 spiro atoms. The Bertz CT molecular complexity index is 792. The summed E-state index contributed by atoms with van der Waals surface area (Å²) in [4.78, 5) is 25.7. The van der Waals surface area contributed by atoms with Crippen LogP contribution in [0.5, 0.6) is 0 Å². The second kappa shape index (κ2) is 11.1. The average Bonchev–Trinajstić information content (AvgIpc) is 2.69. The van der Waals surface area contributed by atoms with Gasteiger partial charge in [0.2, 0.25) is 5.91 Å². The Balaban J connectivity index is 0.00000280. The summed E-state index contributed by atoms with van der Waals surface area (Å²) in [5.74, 6) is 0.104. The maximum absolute atomic E-state index is 12.7. The molecule has 2 aromatic carbocycles. The van der Waals surface area contributed by atoms with E-state index in [1.807, 2.05) is 55.5 Å². The first kappa shape index (κ1) is 22.3. The van der Waals surface area contributed by atoms with Crippen molar-refractivity contribution in [3.8, 4) is 0 Å². The summed E-state index contributed by atoms with van der Waals surface area (Å²) >= 11 is 1.38. The van der Waals surface area contributed by atoms with E-state index >= 15 is 0 Å². The number of aryl methyl sites for hydroxylation is 1. The van der Waals surface area contributed by atoms with Crippen molar-refractivity contribution in [1.29, 1.82) is 0 Å². The van der Waals surface area contributed by atoms with Crippen LogP contribution in [0.3, 0.4) is 0 Å². The van der Waals surface area contributed by atoms with E-state index in [9.17, 15) is 9.59 Å². The molecular weight excluding hydrogens is 394 g/mol. The summed E-state index contributed by atoms with van der Waals surface area (Å²) in [5.41, 5.74) is 2.56. The van der Waals surface area contributed by atoms with Crippen LogP contribution in [0.4, 0.5) is 5.69 Å². The molecule has 2 aromatic rings. The third kappa shape index (κ3) is 6.55. The van der Waals surface area contributed by atoms with Gasteiger partial charge in [-0.25, -0.2) is 0 Å². The maximum Gasteiger partial charge on any atom is 0.252 e. The van der Waals surface area contributed by atoms with Gasteiger partial charge in [0.05, 0.1) is 11.3 Å². The molecule has 0 radical (unpaired) electrons. The van der Waals surface area contributed by atoms with Crippen LogP contribution in [0.25, 0.3) is 0 Å². The number of benzene rings is 2. The number of halogens is 1. The molecule has 1 fully saturated rings. The van der Waals surface area contributed by atoms with Gasteiger partial charge in [-0.05, 0) is 57.1 Å². The number of hydrogen-bond acceptors (Lipinski definition) is 4. The van der Waals surface area contributed by atoms with E-state index < -0.39 is 0 Å². The third-order valence-electron chi connectivity index (χ3n) is 4.50. The third-order valence-corrected chi connectivity index (χ3v) is 5.57. The SMILES string of the molecule is Cc1ccc(NC(=O)CSc2ccccc2C(=O)NC2CCNCC2)cc1.Cl. The van der Waals surface area contributed by atoms with Crippen molar-refractivity contribution in [3.05, 3.63) is 59.7 Å². The summed E-state index contributed by atoms with van der Waals surface area (Å²) in [6, 6.07) is 15.4. The van der Waals surface area contributed by atoms with E-state index in [0.29, 0.717) is 5.56 Å². The molecular formula is C21H26ClN3O2S. The number of thioether (sulfide) groups is 1. The highest BCUT2D eigenvalue weighted by atomic mass is 35.5. The van der Waals surface area contributed by atoms with Crippen molar-refractivity contribution < 1.29 is 9.59 Å². The molecule has 0 saturated carbocycles. The predicted molar refractivity (Wildman–Crippen MR) is 118 cm³/mol. The van der Waals surface area contributed by atoms with Crippen LogP contribution >= 0.6 is 24.2 Å². The van der Waals surface area contributed by atoms with Crippen molar-refractivity contribution in [1.82, 2.24) is 10.6 Å². The van der Waals surface area contributed by atoms with Gasteiger partial charge in [-0.3, -0.25) is 9.59 Å². The number of hydrogen-bond donors (Lipinski definition) is 3. The fraction of sp³-hybridized carbons (Fsp3) is 0.333. The number of nitrogens with one attached hydrogen (secondary N) is 3. The molecule has 0 unspecified atom stereocenters. The maximum atomic E-state index is 12.7. The van der Waals surface area contributed by atoms with Crippen molar-refractivity contribution in [3.63, 3.8) is 0 Å². The normalized spacial score (nSPS) is 14.0. The lowest BCUT2D eigenvalue weighted by atomic mass is 10.1. The zero-order valence-electron chi connectivity index (χ0n) is 15.9. The molecule has 2 amide bonds. The van der Waals surface area contributed by atoms with Crippen molar-refractivity contribution in [2.45, 2.75) is 30.7 Å². The Kier molecular flexibility index (Phi) is 8.83. The number of carbonyl (C=O) groups is 2. The summed E-state index contributed by atoms with van der Waals surface area (Å²) in [6.07, 6.45) is 1.89. The highest BCUT2D eigenvalue weighted by Crippen LogP contribution is 2.23. The molecule has 0 aromatic heterocycles. The van der Waals surface area contributed by atoms with Crippen LogP contribution < -0.4 is 16.0 Å². The molecule has 5 nitrogen and oxygen atoms in total. The second-order valence-electron chi connectivity index (χ2n) is 6.70. The molecule has 1 aliphatic heterocycles. The van der Waals surface area contributed by atoms with Gasteiger partial charge in [0.1, 0.15) is 0 Å². The Morgan fingerprint density at radius 3 is 2.46 bits per heavy atom. The largest absolute Gasteiger partial charge is 0.349 e. The number of amides is 2. The van der Waals surface area contributed by atoms with Crippen LogP contribution in [0.1, 0.15) is 28.8 Å². The van der Waals surface area contributed by atoms with Gasteiger partial charge in [0.25, 0.3) is 5.91 Å². The summed E-state index contributed by atoms with van der Waals surface area (Å²) in [5, 5.41) is 9.30. The van der Waals surface area contributed by atoms with Crippen LogP contribution in [0, 0.1) is 6.92 Å². The molecule has 0 bridgehead atoms. The van der Waals surface area contributed by atoms with E-state index in [4.69, 9.17) is 0 Å². The van der Waals surface area contributed by atoms with Crippen LogP contribution in [-0.4, -0.2) is 36.7 Å². The highest BCUT2D eigenvalue weighted by Gasteiger charge is 2.18. The first-order chi connectivity index (χ1) is 13.1. The molecule has 1 aliphatic rings. The summed E-state index contributed by atoms with van der Waals surface area (Å²) in [6.45, 7) is 3.87. The molecule has 3 N–H and O–H groups in total. The Morgan fingerprint density at radius 1 is 1.07 bits per heavy atom. The fourth-order valence-corrected chi connectivity index (χ4v) is 3.84. The van der Waals surface area contributed by atoms with Crippen LogP contribution in [0.15, 0.2) is 53.4 Å². The molecule has 1 saturated heterocycles. The van der Waals surface area contributed by atoms with Gasteiger partial charge in [-0.1, -0.05) is 29.8 Å². The zero-order valence-corrected chi connectivity index (χ0v) is 17.5. The first-order valence-corrected chi connectivity index (χ1v) is 10.2. The minimum Gasteiger partial charge on any atom is -0.349 e. The smallest absolute Gasteiger partial charge is 0.252 e. The van der Waals surface area contributed by atoms with Crippen LogP contribution in [0.2, 0.25) is 0 Å². The van der Waals surface area contributed by atoms with Gasteiger partial charge >= 0.3 is 0 Å². The number of piperidine rings is 1. The van der Waals surface area contributed by atoms with Gasteiger partial charge in [0.15, 0.2) is 0 Å². The second-order valence-corrected chi connectivity index (χ2v) is 7.71. The summed E-state index contributed by atoms with van der Waals surface area (Å²) < 4.78 is 0. The van der Waals surface area contributed by atoms with Crippen molar-refractivity contribution in [2.24, 2.45) is 0 Å². The number of carbonyl (C=O) groups excluding carboxylic acids is 2. The van der Waals surface area contributed by atoms with Gasteiger partial charge in [-0.15, -0.1) is 24.2 Å². The lowest BCUT2D eigenvalue weighted by molar-refractivity contribution is -0.113. The van der Waals surface area contributed by atoms with E-state index in [-0.39, 0.29) is 36.0 Å². The van der Waals surface area contributed by atoms with Crippen molar-refractivity contribution in [2.75, 3.05) is 24.2 Å². The number of anilines is 1. The lowest BCUT2D eigenvalue weighted by Gasteiger charge is -2.24. The number of rotatable bonds is 6. The molecule has 0 atom stereocenters. The lowest BCUT2D eigenvalue weighted by Crippen LogP contribution is -2.42. The zero-order chi connectivity index (χ0) is 19.1.